The summed E-state index contributed by atoms with van der Waals surface area (Å²) in [7, 11) is 0. The van der Waals surface area contributed by atoms with E-state index >= 15 is 0 Å². The van der Waals surface area contributed by atoms with Crippen molar-refractivity contribution in [2.45, 2.75) is 12.0 Å². The second-order valence-electron chi connectivity index (χ2n) is 5.06. The fourth-order valence-corrected chi connectivity index (χ4v) is 3.01. The topological polar surface area (TPSA) is 29.3 Å². The molecule has 1 saturated heterocycles. The Morgan fingerprint density at radius 3 is 2.32 bits per heavy atom. The Morgan fingerprint density at radius 1 is 0.947 bits per heavy atom. The molecule has 2 aromatic rings. The zero-order chi connectivity index (χ0) is 13.2. The number of para-hydroxylation sites is 1. The van der Waals surface area contributed by atoms with Gasteiger partial charge in [-0.25, -0.2) is 0 Å². The van der Waals surface area contributed by atoms with Crippen molar-refractivity contribution < 1.29 is 0 Å². The second kappa shape index (κ2) is 5.35. The van der Waals surface area contributed by atoms with Crippen LogP contribution in [-0.2, 0) is 0 Å². The minimum Gasteiger partial charge on any atom is -0.369 e. The summed E-state index contributed by atoms with van der Waals surface area (Å²) in [5.74, 6) is 0.410. The maximum absolute atomic E-state index is 6.32. The van der Waals surface area contributed by atoms with Gasteiger partial charge in [0.1, 0.15) is 0 Å². The highest BCUT2D eigenvalue weighted by Crippen LogP contribution is 2.30. The van der Waals surface area contributed by atoms with Crippen molar-refractivity contribution in [1.29, 1.82) is 0 Å². The number of nitrogens with zero attached hydrogens (tertiary/aromatic N) is 1. The van der Waals surface area contributed by atoms with Gasteiger partial charge in [-0.3, -0.25) is 0 Å². The summed E-state index contributed by atoms with van der Waals surface area (Å²) in [5.41, 5.74) is 8.91. The Kier molecular flexibility index (Phi) is 3.58. The number of halogens is 1. The summed E-state index contributed by atoms with van der Waals surface area (Å²) in [5, 5.41) is 0. The van der Waals surface area contributed by atoms with E-state index in [1.807, 2.05) is 6.07 Å². The van der Waals surface area contributed by atoms with Crippen LogP contribution in [-0.4, -0.2) is 19.1 Å². The molecule has 0 spiro atoms. The lowest BCUT2D eigenvalue weighted by atomic mass is 9.95. The van der Waals surface area contributed by atoms with Crippen LogP contribution in [0.4, 0.5) is 5.69 Å². The number of hydrogen-bond donors (Lipinski definition) is 1. The first-order chi connectivity index (χ1) is 9.24. The SMILES string of the molecule is N[C@@H]1CN(c2ccccc2)C[C@H]1c1ccc(Br)cc1. The fraction of sp³-hybridized carbons (Fsp3) is 0.250. The molecule has 2 N–H and O–H groups in total. The van der Waals surface area contributed by atoms with Gasteiger partial charge < -0.3 is 10.6 Å². The number of rotatable bonds is 2. The molecule has 19 heavy (non-hydrogen) atoms. The minimum atomic E-state index is 0.196. The van der Waals surface area contributed by atoms with E-state index in [9.17, 15) is 0 Å². The third-order valence-electron chi connectivity index (χ3n) is 3.78. The van der Waals surface area contributed by atoms with Gasteiger partial charge in [0.15, 0.2) is 0 Å². The van der Waals surface area contributed by atoms with Gasteiger partial charge in [-0.15, -0.1) is 0 Å². The summed E-state index contributed by atoms with van der Waals surface area (Å²) in [6.45, 7) is 1.91. The zero-order valence-electron chi connectivity index (χ0n) is 10.7. The van der Waals surface area contributed by atoms with E-state index in [4.69, 9.17) is 5.73 Å². The highest BCUT2D eigenvalue weighted by atomic mass is 79.9. The second-order valence-corrected chi connectivity index (χ2v) is 5.98. The predicted molar refractivity (Wildman–Crippen MR) is 83.5 cm³/mol. The van der Waals surface area contributed by atoms with Gasteiger partial charge in [-0.2, -0.15) is 0 Å². The molecular formula is C16H17BrN2. The van der Waals surface area contributed by atoms with Gasteiger partial charge in [-0.1, -0.05) is 46.3 Å². The van der Waals surface area contributed by atoms with E-state index in [1.54, 1.807) is 0 Å². The largest absolute Gasteiger partial charge is 0.369 e. The molecule has 2 atom stereocenters. The molecule has 0 saturated carbocycles. The molecule has 3 heteroatoms. The number of benzene rings is 2. The summed E-state index contributed by atoms with van der Waals surface area (Å²) in [4.78, 5) is 2.37. The fourth-order valence-electron chi connectivity index (χ4n) is 2.74. The van der Waals surface area contributed by atoms with Crippen molar-refractivity contribution in [3.05, 3.63) is 64.6 Å². The normalized spacial score (nSPS) is 22.7. The molecule has 1 aliphatic heterocycles. The number of hydrogen-bond acceptors (Lipinski definition) is 2. The first-order valence-electron chi connectivity index (χ1n) is 6.55. The molecule has 98 valence electrons. The highest BCUT2D eigenvalue weighted by molar-refractivity contribution is 9.10. The lowest BCUT2D eigenvalue weighted by molar-refractivity contribution is 0.653. The molecule has 0 aliphatic carbocycles. The van der Waals surface area contributed by atoms with Crippen LogP contribution in [0.1, 0.15) is 11.5 Å². The zero-order valence-corrected chi connectivity index (χ0v) is 12.3. The van der Waals surface area contributed by atoms with Crippen molar-refractivity contribution in [2.75, 3.05) is 18.0 Å². The first kappa shape index (κ1) is 12.7. The Hall–Kier alpha value is -1.32. The van der Waals surface area contributed by atoms with Crippen LogP contribution in [0.15, 0.2) is 59.1 Å². The van der Waals surface area contributed by atoms with Crippen LogP contribution >= 0.6 is 15.9 Å². The molecule has 0 bridgehead atoms. The van der Waals surface area contributed by atoms with Crippen molar-refractivity contribution in [3.8, 4) is 0 Å². The molecule has 1 heterocycles. The summed E-state index contributed by atoms with van der Waals surface area (Å²) >= 11 is 3.48. The lowest BCUT2D eigenvalue weighted by Gasteiger charge is -2.18. The minimum absolute atomic E-state index is 0.196. The van der Waals surface area contributed by atoms with Gasteiger partial charge in [0.2, 0.25) is 0 Å². The molecular weight excluding hydrogens is 300 g/mol. The monoisotopic (exact) mass is 316 g/mol. The van der Waals surface area contributed by atoms with Crippen LogP contribution in [0.25, 0.3) is 0 Å². The van der Waals surface area contributed by atoms with Gasteiger partial charge in [-0.05, 0) is 29.8 Å². The van der Waals surface area contributed by atoms with Crippen molar-refractivity contribution >= 4 is 21.6 Å². The van der Waals surface area contributed by atoms with Gasteiger partial charge in [0.25, 0.3) is 0 Å². The maximum Gasteiger partial charge on any atom is 0.0366 e. The molecule has 1 fully saturated rings. The van der Waals surface area contributed by atoms with Crippen LogP contribution in [0, 0.1) is 0 Å². The van der Waals surface area contributed by atoms with E-state index in [0.29, 0.717) is 5.92 Å². The molecule has 2 nitrogen and oxygen atoms in total. The van der Waals surface area contributed by atoms with Crippen molar-refractivity contribution in [2.24, 2.45) is 5.73 Å². The molecule has 0 amide bonds. The van der Waals surface area contributed by atoms with Crippen molar-refractivity contribution in [1.82, 2.24) is 0 Å². The van der Waals surface area contributed by atoms with Crippen LogP contribution < -0.4 is 10.6 Å². The Bertz CT molecular complexity index is 538. The molecule has 0 radical (unpaired) electrons. The predicted octanol–water partition coefficient (Wildman–Crippen LogP) is 3.38. The molecule has 0 aromatic heterocycles. The summed E-state index contributed by atoms with van der Waals surface area (Å²) in [6, 6.07) is 19.2. The lowest BCUT2D eigenvalue weighted by Crippen LogP contribution is -2.28. The Labute approximate surface area is 122 Å². The smallest absolute Gasteiger partial charge is 0.0366 e. The Morgan fingerprint density at radius 2 is 1.63 bits per heavy atom. The van der Waals surface area contributed by atoms with Gasteiger partial charge in [0, 0.05) is 35.2 Å². The maximum atomic E-state index is 6.32. The summed E-state index contributed by atoms with van der Waals surface area (Å²) < 4.78 is 1.11. The van der Waals surface area contributed by atoms with Crippen LogP contribution in [0.5, 0.6) is 0 Å². The standard InChI is InChI=1S/C16H17BrN2/c17-13-8-6-12(7-9-13)15-10-19(11-16(15)18)14-4-2-1-3-5-14/h1-9,15-16H,10-11,18H2/t15-,16+/m0/s1. The van der Waals surface area contributed by atoms with Gasteiger partial charge >= 0.3 is 0 Å². The highest BCUT2D eigenvalue weighted by Gasteiger charge is 2.31. The first-order valence-corrected chi connectivity index (χ1v) is 7.34. The van der Waals surface area contributed by atoms with E-state index in [1.165, 1.54) is 11.3 Å². The van der Waals surface area contributed by atoms with Crippen LogP contribution in [0.3, 0.4) is 0 Å². The van der Waals surface area contributed by atoms with E-state index in [0.717, 1.165) is 17.6 Å². The molecule has 0 unspecified atom stereocenters. The number of nitrogens with two attached hydrogens (primary N) is 1. The van der Waals surface area contributed by atoms with Crippen LogP contribution in [0.2, 0.25) is 0 Å². The average molecular weight is 317 g/mol. The number of anilines is 1. The van der Waals surface area contributed by atoms with E-state index in [-0.39, 0.29) is 6.04 Å². The average Bonchev–Trinajstić information content (AvgIpc) is 2.83. The Balaban J connectivity index is 1.80. The summed E-state index contributed by atoms with van der Waals surface area (Å²) in [6.07, 6.45) is 0. The molecule has 1 aliphatic rings. The van der Waals surface area contributed by atoms with Crippen molar-refractivity contribution in [3.63, 3.8) is 0 Å². The van der Waals surface area contributed by atoms with E-state index < -0.39 is 0 Å². The molecule has 3 rings (SSSR count). The third-order valence-corrected chi connectivity index (χ3v) is 4.31. The van der Waals surface area contributed by atoms with Gasteiger partial charge in [0.05, 0.1) is 0 Å². The third kappa shape index (κ3) is 2.67. The van der Waals surface area contributed by atoms with E-state index in [2.05, 4.69) is 69.4 Å². The quantitative estimate of drug-likeness (QED) is 0.920. The molecule has 2 aromatic carbocycles.